The number of hydrogen-bond donors (Lipinski definition) is 1. The minimum absolute atomic E-state index is 0.0320. The number of imidazole rings is 1. The Balaban J connectivity index is 2.57. The van der Waals surface area contributed by atoms with Crippen LogP contribution in [-0.2, 0) is 13.0 Å². The van der Waals surface area contributed by atoms with Gasteiger partial charge in [0.25, 0.3) is 0 Å². The van der Waals surface area contributed by atoms with E-state index < -0.39 is 5.82 Å². The lowest BCUT2D eigenvalue weighted by Gasteiger charge is -2.05. The van der Waals surface area contributed by atoms with Crippen molar-refractivity contribution < 1.29 is 4.39 Å². The Labute approximate surface area is 123 Å². The number of rotatable bonds is 4. The van der Waals surface area contributed by atoms with Gasteiger partial charge in [0.2, 0.25) is 0 Å². The maximum Gasteiger partial charge on any atom is 0.140 e. The second kappa shape index (κ2) is 6.11. The van der Waals surface area contributed by atoms with Gasteiger partial charge in [-0.15, -0.1) is 6.42 Å². The molecule has 21 heavy (non-hydrogen) atoms. The van der Waals surface area contributed by atoms with Gasteiger partial charge in [-0.3, -0.25) is 0 Å². The lowest BCUT2D eigenvalue weighted by molar-refractivity contribution is 0.624. The monoisotopic (exact) mass is 282 g/mol. The number of benzene rings is 1. The molecular formula is C16H15FN4. The molecule has 0 saturated carbocycles. The van der Waals surface area contributed by atoms with Crippen LogP contribution in [0.5, 0.6) is 0 Å². The first-order valence-electron chi connectivity index (χ1n) is 6.60. The Morgan fingerprint density at radius 1 is 1.48 bits per heavy atom. The van der Waals surface area contributed by atoms with Gasteiger partial charge in [-0.2, -0.15) is 5.26 Å². The molecule has 1 heterocycles. The van der Waals surface area contributed by atoms with Crippen molar-refractivity contribution in [3.63, 3.8) is 0 Å². The Kier molecular flexibility index (Phi) is 4.25. The predicted octanol–water partition coefficient (Wildman–Crippen LogP) is 2.73. The van der Waals surface area contributed by atoms with E-state index in [0.29, 0.717) is 23.6 Å². The topological polar surface area (TPSA) is 67.6 Å². The minimum atomic E-state index is -0.559. The van der Waals surface area contributed by atoms with Gasteiger partial charge in [0.15, 0.2) is 0 Å². The van der Waals surface area contributed by atoms with Crippen molar-refractivity contribution in [3.8, 4) is 29.7 Å². The van der Waals surface area contributed by atoms with Crippen molar-refractivity contribution in [3.05, 3.63) is 35.4 Å². The van der Waals surface area contributed by atoms with Gasteiger partial charge < -0.3 is 10.3 Å². The molecule has 0 unspecified atom stereocenters. The van der Waals surface area contributed by atoms with E-state index in [-0.39, 0.29) is 5.56 Å². The average Bonchev–Trinajstić information content (AvgIpc) is 2.78. The minimum Gasteiger partial charge on any atom is -0.383 e. The van der Waals surface area contributed by atoms with Gasteiger partial charge in [0, 0.05) is 12.0 Å². The van der Waals surface area contributed by atoms with Crippen LogP contribution in [0.3, 0.4) is 0 Å². The molecule has 0 amide bonds. The summed E-state index contributed by atoms with van der Waals surface area (Å²) in [5, 5.41) is 8.91. The van der Waals surface area contributed by atoms with Crippen molar-refractivity contribution in [1.29, 1.82) is 5.26 Å². The summed E-state index contributed by atoms with van der Waals surface area (Å²) < 4.78 is 15.2. The quantitative estimate of drug-likeness (QED) is 0.877. The third-order valence-corrected chi connectivity index (χ3v) is 3.17. The highest BCUT2D eigenvalue weighted by Crippen LogP contribution is 2.28. The number of aromatic nitrogens is 2. The van der Waals surface area contributed by atoms with Crippen molar-refractivity contribution in [2.75, 3.05) is 5.73 Å². The van der Waals surface area contributed by atoms with Crippen LogP contribution in [0.4, 0.5) is 10.2 Å². The van der Waals surface area contributed by atoms with Crippen LogP contribution >= 0.6 is 0 Å². The van der Waals surface area contributed by atoms with Crippen molar-refractivity contribution in [2.24, 2.45) is 0 Å². The standard InChI is InChI=1S/C16H15FN4/c1-3-5-14-20-15(16(19)21(14)8-4-2)11-6-7-13(17)12(9-11)10-18/h2,6-7,9H,3,5,8,19H2,1H3. The number of nitrogens with two attached hydrogens (primary N) is 1. The second-order valence-electron chi connectivity index (χ2n) is 4.61. The molecule has 2 aromatic rings. The summed E-state index contributed by atoms with van der Waals surface area (Å²) in [5.74, 6) is 3.23. The third kappa shape index (κ3) is 2.73. The Hall–Kier alpha value is -2.79. The van der Waals surface area contributed by atoms with Crippen LogP contribution in [0.2, 0.25) is 0 Å². The van der Waals surface area contributed by atoms with Gasteiger partial charge in [0.05, 0.1) is 12.1 Å². The summed E-state index contributed by atoms with van der Waals surface area (Å²) in [6.07, 6.45) is 7.02. The molecule has 0 aliphatic rings. The number of nitriles is 1. The van der Waals surface area contributed by atoms with Crippen molar-refractivity contribution in [2.45, 2.75) is 26.3 Å². The highest BCUT2D eigenvalue weighted by atomic mass is 19.1. The van der Waals surface area contributed by atoms with E-state index in [1.165, 1.54) is 12.1 Å². The highest BCUT2D eigenvalue weighted by Gasteiger charge is 2.16. The summed E-state index contributed by atoms with van der Waals surface area (Å²) in [7, 11) is 0. The molecule has 0 bridgehead atoms. The molecule has 2 N–H and O–H groups in total. The lowest BCUT2D eigenvalue weighted by atomic mass is 10.1. The summed E-state index contributed by atoms with van der Waals surface area (Å²) in [6.45, 7) is 2.37. The van der Waals surface area contributed by atoms with E-state index in [0.717, 1.165) is 18.7 Å². The van der Waals surface area contributed by atoms with Gasteiger partial charge in [0.1, 0.15) is 29.2 Å². The fourth-order valence-corrected chi connectivity index (χ4v) is 2.17. The zero-order valence-electron chi connectivity index (χ0n) is 11.7. The van der Waals surface area contributed by atoms with Crippen LogP contribution in [0, 0.1) is 29.5 Å². The maximum atomic E-state index is 13.4. The van der Waals surface area contributed by atoms with Crippen LogP contribution in [-0.4, -0.2) is 9.55 Å². The molecule has 2 rings (SSSR count). The third-order valence-electron chi connectivity index (χ3n) is 3.17. The highest BCUT2D eigenvalue weighted by molar-refractivity contribution is 5.72. The Morgan fingerprint density at radius 3 is 2.86 bits per heavy atom. The fourth-order valence-electron chi connectivity index (χ4n) is 2.17. The smallest absolute Gasteiger partial charge is 0.140 e. The summed E-state index contributed by atoms with van der Waals surface area (Å²) in [4.78, 5) is 4.50. The van der Waals surface area contributed by atoms with Crippen LogP contribution in [0.15, 0.2) is 18.2 Å². The van der Waals surface area contributed by atoms with E-state index in [1.807, 2.05) is 13.0 Å². The van der Waals surface area contributed by atoms with Crippen molar-refractivity contribution in [1.82, 2.24) is 9.55 Å². The maximum absolute atomic E-state index is 13.4. The second-order valence-corrected chi connectivity index (χ2v) is 4.61. The number of terminal acetylenes is 1. The lowest BCUT2D eigenvalue weighted by Crippen LogP contribution is -2.06. The fraction of sp³-hybridized carbons (Fsp3) is 0.250. The number of aryl methyl sites for hydroxylation is 1. The Bertz CT molecular complexity index is 747. The van der Waals surface area contributed by atoms with E-state index in [4.69, 9.17) is 17.4 Å². The first-order chi connectivity index (χ1) is 10.1. The first kappa shape index (κ1) is 14.6. The van der Waals surface area contributed by atoms with E-state index in [2.05, 4.69) is 10.9 Å². The zero-order chi connectivity index (χ0) is 15.4. The average molecular weight is 282 g/mol. The largest absolute Gasteiger partial charge is 0.383 e. The van der Waals surface area contributed by atoms with Gasteiger partial charge in [-0.1, -0.05) is 12.8 Å². The number of halogens is 1. The molecular weight excluding hydrogens is 267 g/mol. The molecule has 0 fully saturated rings. The predicted molar refractivity (Wildman–Crippen MR) is 79.6 cm³/mol. The van der Waals surface area contributed by atoms with Gasteiger partial charge in [-0.25, -0.2) is 9.37 Å². The number of anilines is 1. The Morgan fingerprint density at radius 2 is 2.24 bits per heavy atom. The molecule has 0 spiro atoms. The van der Waals surface area contributed by atoms with Crippen LogP contribution in [0.1, 0.15) is 24.7 Å². The molecule has 0 aliphatic heterocycles. The van der Waals surface area contributed by atoms with Crippen LogP contribution < -0.4 is 5.73 Å². The number of hydrogen-bond acceptors (Lipinski definition) is 3. The summed E-state index contributed by atoms with van der Waals surface area (Å²) in [6, 6.07) is 6.07. The van der Waals surface area contributed by atoms with E-state index >= 15 is 0 Å². The molecule has 1 aromatic carbocycles. The van der Waals surface area contributed by atoms with E-state index in [9.17, 15) is 4.39 Å². The first-order valence-corrected chi connectivity index (χ1v) is 6.60. The molecule has 4 nitrogen and oxygen atoms in total. The van der Waals surface area contributed by atoms with Gasteiger partial charge in [-0.05, 0) is 24.6 Å². The van der Waals surface area contributed by atoms with Crippen LogP contribution in [0.25, 0.3) is 11.3 Å². The SMILES string of the molecule is C#CCn1c(CCC)nc(-c2ccc(F)c(C#N)c2)c1N. The molecule has 0 saturated heterocycles. The summed E-state index contributed by atoms with van der Waals surface area (Å²) in [5.41, 5.74) is 7.22. The summed E-state index contributed by atoms with van der Waals surface area (Å²) >= 11 is 0. The molecule has 0 aliphatic carbocycles. The normalized spacial score (nSPS) is 10.1. The molecule has 1 aromatic heterocycles. The number of nitrogen functional groups attached to an aromatic ring is 1. The molecule has 5 heteroatoms. The molecule has 106 valence electrons. The van der Waals surface area contributed by atoms with Gasteiger partial charge >= 0.3 is 0 Å². The van der Waals surface area contributed by atoms with E-state index in [1.54, 1.807) is 10.6 Å². The molecule has 0 atom stereocenters. The zero-order valence-corrected chi connectivity index (χ0v) is 11.7. The number of nitrogens with zero attached hydrogens (tertiary/aromatic N) is 3. The van der Waals surface area contributed by atoms with Crippen molar-refractivity contribution >= 4 is 5.82 Å². The molecule has 0 radical (unpaired) electrons.